The number of aromatic nitrogens is 2. The number of methoxy groups -OCH3 is 1. The number of benzene rings is 2. The topological polar surface area (TPSA) is 64.3 Å². The molecule has 5 heteroatoms. The maximum absolute atomic E-state index is 11.2. The molecule has 2 aromatic carbocycles. The lowest BCUT2D eigenvalue weighted by molar-refractivity contribution is 0.0697. The van der Waals surface area contributed by atoms with Gasteiger partial charge in [0.2, 0.25) is 0 Å². The van der Waals surface area contributed by atoms with Crippen molar-refractivity contribution in [1.82, 2.24) is 9.78 Å². The lowest BCUT2D eigenvalue weighted by Gasteiger charge is -2.15. The second-order valence-corrected chi connectivity index (χ2v) is 5.83. The Kier molecular flexibility index (Phi) is 3.34. The highest BCUT2D eigenvalue weighted by Crippen LogP contribution is 2.34. The van der Waals surface area contributed by atoms with E-state index in [9.17, 15) is 4.79 Å². The number of aryl methyl sites for hydroxylation is 2. The second kappa shape index (κ2) is 5.53. The summed E-state index contributed by atoms with van der Waals surface area (Å²) in [6.45, 7) is 0. The highest BCUT2D eigenvalue weighted by atomic mass is 16.5. The molecule has 0 aliphatic heterocycles. The molecule has 0 amide bonds. The van der Waals surface area contributed by atoms with E-state index in [0.29, 0.717) is 0 Å². The lowest BCUT2D eigenvalue weighted by Crippen LogP contribution is -2.03. The zero-order chi connectivity index (χ0) is 16.7. The van der Waals surface area contributed by atoms with E-state index in [1.807, 2.05) is 24.4 Å². The van der Waals surface area contributed by atoms with Crippen molar-refractivity contribution in [2.45, 2.75) is 12.8 Å². The average Bonchev–Trinajstić information content (AvgIpc) is 3.06. The lowest BCUT2D eigenvalue weighted by atomic mass is 9.90. The zero-order valence-electron chi connectivity index (χ0n) is 13.2. The van der Waals surface area contributed by atoms with Gasteiger partial charge in [-0.3, -0.25) is 0 Å². The third-order valence-corrected chi connectivity index (χ3v) is 4.38. The van der Waals surface area contributed by atoms with Gasteiger partial charge in [-0.1, -0.05) is 6.07 Å². The molecule has 0 radical (unpaired) electrons. The van der Waals surface area contributed by atoms with E-state index in [2.05, 4.69) is 6.07 Å². The van der Waals surface area contributed by atoms with Gasteiger partial charge in [0.25, 0.3) is 0 Å². The number of carboxylic acids is 1. The Morgan fingerprint density at radius 2 is 2.00 bits per heavy atom. The van der Waals surface area contributed by atoms with Crippen LogP contribution in [0.1, 0.15) is 21.5 Å². The normalized spacial score (nSPS) is 12.4. The molecule has 1 aliphatic carbocycles. The summed E-state index contributed by atoms with van der Waals surface area (Å²) in [5, 5.41) is 13.9. The van der Waals surface area contributed by atoms with Gasteiger partial charge in [0.1, 0.15) is 5.75 Å². The number of carbonyl (C=O) groups is 1. The Morgan fingerprint density at radius 1 is 1.17 bits per heavy atom. The molecule has 1 heterocycles. The van der Waals surface area contributed by atoms with Crippen molar-refractivity contribution in [3.05, 3.63) is 65.4 Å². The Labute approximate surface area is 139 Å². The first-order chi connectivity index (χ1) is 11.7. The average molecular weight is 320 g/mol. The minimum atomic E-state index is -0.939. The van der Waals surface area contributed by atoms with Crippen LogP contribution >= 0.6 is 0 Å². The first kappa shape index (κ1) is 14.5. The van der Waals surface area contributed by atoms with Crippen LogP contribution < -0.4 is 4.74 Å². The van der Waals surface area contributed by atoms with Gasteiger partial charge < -0.3 is 9.84 Å². The summed E-state index contributed by atoms with van der Waals surface area (Å²) in [7, 11) is 1.67. The predicted molar refractivity (Wildman–Crippen MR) is 89.9 cm³/mol. The Balaban J connectivity index is 1.79. The van der Waals surface area contributed by atoms with Crippen LogP contribution in [0.5, 0.6) is 5.75 Å². The van der Waals surface area contributed by atoms with Crippen molar-refractivity contribution in [3.63, 3.8) is 0 Å². The molecule has 0 atom stereocenters. The molecule has 1 N–H and O–H groups in total. The molecule has 5 nitrogen and oxygen atoms in total. The van der Waals surface area contributed by atoms with Crippen LogP contribution in [0.15, 0.2) is 48.7 Å². The highest BCUT2D eigenvalue weighted by Gasteiger charge is 2.21. The summed E-state index contributed by atoms with van der Waals surface area (Å²) >= 11 is 0. The van der Waals surface area contributed by atoms with Gasteiger partial charge in [0, 0.05) is 11.8 Å². The molecule has 0 fully saturated rings. The summed E-state index contributed by atoms with van der Waals surface area (Å²) in [6.07, 6.45) is 3.85. The van der Waals surface area contributed by atoms with E-state index in [1.54, 1.807) is 30.0 Å². The fraction of sp³-hybridized carbons (Fsp3) is 0.158. The molecule has 120 valence electrons. The van der Waals surface area contributed by atoms with Gasteiger partial charge in [-0.15, -0.1) is 0 Å². The second-order valence-electron chi connectivity index (χ2n) is 5.83. The van der Waals surface area contributed by atoms with E-state index in [0.717, 1.165) is 35.5 Å². The molecule has 0 saturated carbocycles. The smallest absolute Gasteiger partial charge is 0.335 e. The first-order valence-corrected chi connectivity index (χ1v) is 7.75. The molecule has 0 unspecified atom stereocenters. The van der Waals surface area contributed by atoms with Crippen molar-refractivity contribution in [1.29, 1.82) is 0 Å². The van der Waals surface area contributed by atoms with Crippen molar-refractivity contribution >= 4 is 5.97 Å². The van der Waals surface area contributed by atoms with Crippen LogP contribution in [0.3, 0.4) is 0 Å². The van der Waals surface area contributed by atoms with Gasteiger partial charge in [0.05, 0.1) is 24.1 Å². The molecule has 1 aliphatic rings. The maximum Gasteiger partial charge on any atom is 0.335 e. The van der Waals surface area contributed by atoms with E-state index in [-0.39, 0.29) is 5.56 Å². The number of carboxylic acid groups (broad SMARTS) is 1. The Morgan fingerprint density at radius 3 is 2.79 bits per heavy atom. The minimum Gasteiger partial charge on any atom is -0.497 e. The summed E-state index contributed by atoms with van der Waals surface area (Å²) in [5.41, 5.74) is 5.48. The molecule has 24 heavy (non-hydrogen) atoms. The minimum absolute atomic E-state index is 0.256. The fourth-order valence-electron chi connectivity index (χ4n) is 3.14. The first-order valence-electron chi connectivity index (χ1n) is 7.75. The van der Waals surface area contributed by atoms with E-state index < -0.39 is 5.97 Å². The van der Waals surface area contributed by atoms with Crippen LogP contribution in [-0.2, 0) is 12.8 Å². The van der Waals surface area contributed by atoms with Crippen molar-refractivity contribution in [2.24, 2.45) is 0 Å². The molecule has 4 rings (SSSR count). The third-order valence-electron chi connectivity index (χ3n) is 4.38. The largest absolute Gasteiger partial charge is 0.497 e. The monoisotopic (exact) mass is 320 g/mol. The highest BCUT2D eigenvalue weighted by molar-refractivity contribution is 5.88. The van der Waals surface area contributed by atoms with Gasteiger partial charge in [0.15, 0.2) is 0 Å². The van der Waals surface area contributed by atoms with E-state index in [1.165, 1.54) is 11.1 Å². The van der Waals surface area contributed by atoms with Crippen LogP contribution in [0, 0.1) is 0 Å². The summed E-state index contributed by atoms with van der Waals surface area (Å²) in [4.78, 5) is 11.2. The number of hydrogen-bond donors (Lipinski definition) is 1. The van der Waals surface area contributed by atoms with Gasteiger partial charge >= 0.3 is 5.97 Å². The molecule has 0 saturated heterocycles. The number of nitrogens with zero attached hydrogens (tertiary/aromatic N) is 2. The van der Waals surface area contributed by atoms with Crippen molar-refractivity contribution < 1.29 is 14.6 Å². The quantitative estimate of drug-likeness (QED) is 0.804. The number of aromatic carboxylic acids is 1. The molecule has 1 aromatic heterocycles. The summed E-state index contributed by atoms with van der Waals surface area (Å²) in [6, 6.07) is 12.8. The van der Waals surface area contributed by atoms with Gasteiger partial charge in [-0.05, 0) is 60.4 Å². The maximum atomic E-state index is 11.2. The molecule has 0 bridgehead atoms. The molecule has 3 aromatic rings. The van der Waals surface area contributed by atoms with Crippen LogP contribution in [0.2, 0.25) is 0 Å². The predicted octanol–water partition coefficient (Wildman–Crippen LogP) is 3.34. The van der Waals surface area contributed by atoms with Crippen molar-refractivity contribution in [2.75, 3.05) is 7.11 Å². The third kappa shape index (κ3) is 2.34. The van der Waals surface area contributed by atoms with Gasteiger partial charge in [-0.2, -0.15) is 5.10 Å². The number of rotatable bonds is 3. The van der Waals surface area contributed by atoms with Crippen LogP contribution in [0.25, 0.3) is 16.9 Å². The summed E-state index contributed by atoms with van der Waals surface area (Å²) < 4.78 is 7.06. The van der Waals surface area contributed by atoms with E-state index >= 15 is 0 Å². The molecular weight excluding hydrogens is 304 g/mol. The summed E-state index contributed by atoms with van der Waals surface area (Å²) in [5.74, 6) is -0.0861. The SMILES string of the molecule is COc1ccc2c(c1)CCc1cn(-c3cccc(C(=O)O)c3)nc1-2. The Hall–Kier alpha value is -3.08. The standard InChI is InChI=1S/C19H16N2O3/c1-24-16-7-8-17-12(10-16)5-6-14-11-21(20-18(14)17)15-4-2-3-13(9-15)19(22)23/h2-4,7-11H,5-6H2,1H3,(H,22,23). The number of fused-ring (bicyclic) bond motifs is 3. The number of ether oxygens (including phenoxy) is 1. The zero-order valence-corrected chi connectivity index (χ0v) is 13.2. The van der Waals surface area contributed by atoms with Gasteiger partial charge in [-0.25, -0.2) is 9.48 Å². The molecular formula is C19H16N2O3. The molecule has 0 spiro atoms. The number of hydrogen-bond acceptors (Lipinski definition) is 3. The van der Waals surface area contributed by atoms with Crippen LogP contribution in [-0.4, -0.2) is 28.0 Å². The Bertz CT molecular complexity index is 944. The van der Waals surface area contributed by atoms with E-state index in [4.69, 9.17) is 14.9 Å². The van der Waals surface area contributed by atoms with Crippen LogP contribution in [0.4, 0.5) is 0 Å². The van der Waals surface area contributed by atoms with Crippen molar-refractivity contribution in [3.8, 4) is 22.7 Å². The fourth-order valence-corrected chi connectivity index (χ4v) is 3.14.